The number of carbonyl (C=O) groups is 1. The Bertz CT molecular complexity index is 1590. The van der Waals surface area contributed by atoms with Crippen molar-refractivity contribution in [3.8, 4) is 0 Å². The highest BCUT2D eigenvalue weighted by molar-refractivity contribution is 9.10. The number of rotatable bonds is 4. The third-order valence-electron chi connectivity index (χ3n) is 5.56. The van der Waals surface area contributed by atoms with Gasteiger partial charge in [0.2, 0.25) is 0 Å². The minimum atomic E-state index is -0.578. The van der Waals surface area contributed by atoms with Crippen LogP contribution in [0.3, 0.4) is 0 Å². The zero-order valence-corrected chi connectivity index (χ0v) is 20.6. The molecular formula is C27H20BrN3O2S. The number of amides is 1. The van der Waals surface area contributed by atoms with Crippen LogP contribution in [0, 0.1) is 0 Å². The molecule has 5 nitrogen and oxygen atoms in total. The molecule has 2 heterocycles. The second-order valence-electron chi connectivity index (χ2n) is 7.87. The van der Waals surface area contributed by atoms with Crippen LogP contribution >= 0.6 is 27.3 Å². The van der Waals surface area contributed by atoms with E-state index in [0.29, 0.717) is 26.3 Å². The number of carbonyl (C=O) groups excluding carboxylic acids is 1. The number of halogens is 1. The summed E-state index contributed by atoms with van der Waals surface area (Å²) in [4.78, 5) is 32.4. The first-order chi connectivity index (χ1) is 16.5. The molecule has 1 aliphatic heterocycles. The maximum Gasteiger partial charge on any atom is 0.271 e. The van der Waals surface area contributed by atoms with Gasteiger partial charge in [0.05, 0.1) is 21.8 Å². The second kappa shape index (κ2) is 9.37. The largest absolute Gasteiger partial charge is 0.322 e. The van der Waals surface area contributed by atoms with E-state index >= 15 is 0 Å². The number of nitrogens with zero attached hydrogens (tertiary/aromatic N) is 2. The maximum absolute atomic E-state index is 13.6. The molecule has 0 saturated carbocycles. The van der Waals surface area contributed by atoms with Crippen LogP contribution in [0.4, 0.5) is 5.69 Å². The number of thiazole rings is 1. The van der Waals surface area contributed by atoms with E-state index in [9.17, 15) is 9.59 Å². The Hall–Kier alpha value is -3.55. The van der Waals surface area contributed by atoms with Crippen LogP contribution in [0.1, 0.15) is 24.1 Å². The normalized spacial score (nSPS) is 15.6. The van der Waals surface area contributed by atoms with E-state index in [2.05, 4.69) is 26.2 Å². The molecule has 3 aromatic carbocycles. The quantitative estimate of drug-likeness (QED) is 0.418. The molecule has 1 atom stereocenters. The molecule has 168 valence electrons. The molecule has 5 rings (SSSR count). The summed E-state index contributed by atoms with van der Waals surface area (Å²) in [7, 11) is 0. The SMILES string of the molecule is CC1=C(C(=O)Nc2ccccc2)[C@H](c2ccccc2)n2c(s/c(=C\c3cccc(Br)c3)c2=O)=N1. The van der Waals surface area contributed by atoms with Crippen molar-refractivity contribution in [2.45, 2.75) is 13.0 Å². The summed E-state index contributed by atoms with van der Waals surface area (Å²) in [6.07, 6.45) is 1.86. The van der Waals surface area contributed by atoms with E-state index < -0.39 is 6.04 Å². The molecule has 4 aromatic rings. The van der Waals surface area contributed by atoms with Crippen LogP contribution < -0.4 is 20.2 Å². The fourth-order valence-corrected chi connectivity index (χ4v) is 5.49. The van der Waals surface area contributed by atoms with Crippen molar-refractivity contribution in [2.75, 3.05) is 5.32 Å². The average molecular weight is 530 g/mol. The molecule has 0 fully saturated rings. The molecule has 1 N–H and O–H groups in total. The Balaban J connectivity index is 1.67. The summed E-state index contributed by atoms with van der Waals surface area (Å²) >= 11 is 4.81. The number of para-hydroxylation sites is 1. The predicted octanol–water partition coefficient (Wildman–Crippen LogP) is 4.64. The van der Waals surface area contributed by atoms with E-state index in [-0.39, 0.29) is 11.5 Å². The molecule has 0 radical (unpaired) electrons. The topological polar surface area (TPSA) is 63.5 Å². The Morgan fingerprint density at radius 1 is 1.03 bits per heavy atom. The van der Waals surface area contributed by atoms with Crippen molar-refractivity contribution in [1.29, 1.82) is 0 Å². The first-order valence-electron chi connectivity index (χ1n) is 10.7. The number of benzene rings is 3. The van der Waals surface area contributed by atoms with Gasteiger partial charge in [0.25, 0.3) is 11.5 Å². The van der Waals surface area contributed by atoms with Gasteiger partial charge in [-0.05, 0) is 48.4 Å². The molecule has 7 heteroatoms. The highest BCUT2D eigenvalue weighted by atomic mass is 79.9. The summed E-state index contributed by atoms with van der Waals surface area (Å²) in [5, 5.41) is 2.96. The van der Waals surface area contributed by atoms with Gasteiger partial charge < -0.3 is 5.32 Å². The van der Waals surface area contributed by atoms with Crippen LogP contribution in [-0.2, 0) is 4.79 Å². The molecule has 1 aliphatic rings. The van der Waals surface area contributed by atoms with Crippen molar-refractivity contribution >= 4 is 44.9 Å². The van der Waals surface area contributed by atoms with Gasteiger partial charge in [0.1, 0.15) is 0 Å². The highest BCUT2D eigenvalue weighted by Gasteiger charge is 2.32. The van der Waals surface area contributed by atoms with Crippen LogP contribution in [0.2, 0.25) is 0 Å². The molecule has 0 bridgehead atoms. The third-order valence-corrected chi connectivity index (χ3v) is 7.04. The van der Waals surface area contributed by atoms with Gasteiger partial charge in [-0.1, -0.05) is 87.9 Å². The molecule has 0 unspecified atom stereocenters. The van der Waals surface area contributed by atoms with Crippen molar-refractivity contribution < 1.29 is 4.79 Å². The lowest BCUT2D eigenvalue weighted by Gasteiger charge is -2.25. The molecule has 0 saturated heterocycles. The summed E-state index contributed by atoms with van der Waals surface area (Å²) in [6, 6.07) is 26.1. The number of nitrogens with one attached hydrogen (secondary N) is 1. The number of aromatic nitrogens is 1. The van der Waals surface area contributed by atoms with Crippen molar-refractivity contribution in [3.63, 3.8) is 0 Å². The zero-order valence-electron chi connectivity index (χ0n) is 18.2. The highest BCUT2D eigenvalue weighted by Crippen LogP contribution is 2.30. The lowest BCUT2D eigenvalue weighted by Crippen LogP contribution is -2.40. The minimum absolute atomic E-state index is 0.171. The number of hydrogen-bond acceptors (Lipinski definition) is 4. The summed E-state index contributed by atoms with van der Waals surface area (Å²) in [5.74, 6) is -0.275. The monoisotopic (exact) mass is 529 g/mol. The van der Waals surface area contributed by atoms with E-state index in [4.69, 9.17) is 0 Å². The first-order valence-corrected chi connectivity index (χ1v) is 12.3. The van der Waals surface area contributed by atoms with Gasteiger partial charge in [0, 0.05) is 10.2 Å². The van der Waals surface area contributed by atoms with Crippen LogP contribution in [-0.4, -0.2) is 10.5 Å². The van der Waals surface area contributed by atoms with Gasteiger partial charge in [-0.15, -0.1) is 0 Å². The molecule has 1 aromatic heterocycles. The van der Waals surface area contributed by atoms with Gasteiger partial charge >= 0.3 is 0 Å². The second-order valence-corrected chi connectivity index (χ2v) is 9.79. The summed E-state index contributed by atoms with van der Waals surface area (Å²) in [5.41, 5.74) is 3.33. The van der Waals surface area contributed by atoms with Crippen molar-refractivity contribution in [2.24, 2.45) is 4.99 Å². The Kier molecular flexibility index (Phi) is 6.13. The third kappa shape index (κ3) is 4.32. The van der Waals surface area contributed by atoms with E-state index in [1.165, 1.54) is 11.3 Å². The predicted molar refractivity (Wildman–Crippen MR) is 139 cm³/mol. The minimum Gasteiger partial charge on any atom is -0.322 e. The van der Waals surface area contributed by atoms with Crippen LogP contribution in [0.5, 0.6) is 0 Å². The Morgan fingerprint density at radius 3 is 2.44 bits per heavy atom. The molecule has 1 amide bonds. The number of hydrogen-bond donors (Lipinski definition) is 1. The van der Waals surface area contributed by atoms with Crippen LogP contribution in [0.25, 0.3) is 6.08 Å². The molecule has 0 spiro atoms. The average Bonchev–Trinajstić information content (AvgIpc) is 3.13. The smallest absolute Gasteiger partial charge is 0.271 e. The zero-order chi connectivity index (χ0) is 23.7. The molecular weight excluding hydrogens is 510 g/mol. The first kappa shape index (κ1) is 22.3. The van der Waals surface area contributed by atoms with Gasteiger partial charge in [-0.3, -0.25) is 14.2 Å². The summed E-state index contributed by atoms with van der Waals surface area (Å²) < 4.78 is 3.14. The lowest BCUT2D eigenvalue weighted by atomic mass is 9.95. The van der Waals surface area contributed by atoms with E-state index in [0.717, 1.165) is 15.6 Å². The number of anilines is 1. The van der Waals surface area contributed by atoms with E-state index in [1.54, 1.807) is 4.57 Å². The Morgan fingerprint density at radius 2 is 1.74 bits per heavy atom. The van der Waals surface area contributed by atoms with Gasteiger partial charge in [0.15, 0.2) is 4.80 Å². The van der Waals surface area contributed by atoms with Crippen molar-refractivity contribution in [1.82, 2.24) is 4.57 Å². The van der Waals surface area contributed by atoms with E-state index in [1.807, 2.05) is 97.9 Å². The number of allylic oxidation sites excluding steroid dienone is 1. The summed E-state index contributed by atoms with van der Waals surface area (Å²) in [6.45, 7) is 1.82. The molecule has 0 aliphatic carbocycles. The standard InChI is InChI=1S/C27H20BrN3O2S/c1-17-23(25(32)30-21-13-6-3-7-14-21)24(19-10-4-2-5-11-19)31-26(33)22(34-27(31)29-17)16-18-9-8-12-20(28)15-18/h2-16,24H,1H3,(H,30,32)/b22-16-/t24-/m0/s1. The maximum atomic E-state index is 13.6. The fourth-order valence-electron chi connectivity index (χ4n) is 4.03. The van der Waals surface area contributed by atoms with Crippen molar-refractivity contribution in [3.05, 3.63) is 131 Å². The van der Waals surface area contributed by atoms with Gasteiger partial charge in [-0.2, -0.15) is 0 Å². The number of fused-ring (bicyclic) bond motifs is 1. The Labute approximate surface area is 208 Å². The fraction of sp³-hybridized carbons (Fsp3) is 0.0741. The lowest BCUT2D eigenvalue weighted by molar-refractivity contribution is -0.113. The van der Waals surface area contributed by atoms with Gasteiger partial charge in [-0.25, -0.2) is 4.99 Å². The molecule has 34 heavy (non-hydrogen) atoms. The van der Waals surface area contributed by atoms with Crippen LogP contribution in [0.15, 0.2) is 110 Å².